The molecule has 3 rings (SSSR count). The van der Waals surface area contributed by atoms with E-state index in [1.165, 1.54) is 0 Å². The van der Waals surface area contributed by atoms with Gasteiger partial charge in [0.1, 0.15) is 19.8 Å². The van der Waals surface area contributed by atoms with Gasteiger partial charge >= 0.3 is 0 Å². The van der Waals surface area contributed by atoms with Crippen LogP contribution in [0.2, 0.25) is 0 Å². The summed E-state index contributed by atoms with van der Waals surface area (Å²) in [5, 5.41) is 11.4. The molecule has 0 fully saturated rings. The topological polar surface area (TPSA) is 165 Å². The van der Waals surface area contributed by atoms with Crippen LogP contribution in [0.4, 0.5) is 17.1 Å². The van der Waals surface area contributed by atoms with E-state index in [2.05, 4.69) is 15.5 Å². The molecule has 0 unspecified atom stereocenters. The molecular weight excluding hydrogens is 730 g/mol. The summed E-state index contributed by atoms with van der Waals surface area (Å²) in [6.45, 7) is 6.68. The van der Waals surface area contributed by atoms with Crippen molar-refractivity contribution < 1.29 is 61.6 Å². The number of rotatable bonds is 34. The lowest BCUT2D eigenvalue weighted by atomic mass is 10.1. The van der Waals surface area contributed by atoms with Crippen LogP contribution in [0.1, 0.15) is 10.4 Å². The van der Waals surface area contributed by atoms with E-state index in [0.717, 1.165) is 5.69 Å². The highest BCUT2D eigenvalue weighted by Crippen LogP contribution is 2.39. The quantitative estimate of drug-likeness (QED) is 0.0594. The van der Waals surface area contributed by atoms with Gasteiger partial charge in [-0.25, -0.2) is 0 Å². The Morgan fingerprint density at radius 2 is 0.839 bits per heavy atom. The highest BCUT2D eigenvalue weighted by Gasteiger charge is 2.20. The van der Waals surface area contributed by atoms with Crippen molar-refractivity contribution in [2.45, 2.75) is 0 Å². The Balaban J connectivity index is 1.71. The minimum atomic E-state index is -0.393. The molecule has 3 aromatic rings. The van der Waals surface area contributed by atoms with E-state index in [1.807, 2.05) is 30.3 Å². The van der Waals surface area contributed by atoms with Crippen molar-refractivity contribution in [1.29, 1.82) is 0 Å². The fourth-order valence-corrected chi connectivity index (χ4v) is 4.51. The number of azo groups is 1. The first-order chi connectivity index (χ1) is 27.6. The molecule has 1 N–H and O–H groups in total. The molecule has 0 saturated carbocycles. The van der Waals surface area contributed by atoms with Gasteiger partial charge in [-0.15, -0.1) is 0 Å². The van der Waals surface area contributed by atoms with Crippen molar-refractivity contribution in [1.82, 2.24) is 0 Å². The average molecular weight is 788 g/mol. The van der Waals surface area contributed by atoms with Gasteiger partial charge in [-0.3, -0.25) is 4.79 Å². The van der Waals surface area contributed by atoms with Crippen molar-refractivity contribution in [2.24, 2.45) is 10.2 Å². The first-order valence-electron chi connectivity index (χ1n) is 18.5. The van der Waals surface area contributed by atoms with Crippen LogP contribution in [0.15, 0.2) is 77.0 Å². The van der Waals surface area contributed by atoms with Gasteiger partial charge in [0.2, 0.25) is 5.75 Å². The maximum atomic E-state index is 13.7. The zero-order valence-corrected chi connectivity index (χ0v) is 32.8. The zero-order chi connectivity index (χ0) is 39.7. The Hall–Kier alpha value is -4.23. The molecule has 310 valence electrons. The van der Waals surface area contributed by atoms with Gasteiger partial charge in [0.15, 0.2) is 11.5 Å². The smallest absolute Gasteiger partial charge is 0.255 e. The first-order valence-corrected chi connectivity index (χ1v) is 18.5. The number of carbonyl (C=O) groups is 1. The van der Waals surface area contributed by atoms with E-state index >= 15 is 0 Å². The van der Waals surface area contributed by atoms with Crippen LogP contribution < -0.4 is 19.5 Å². The van der Waals surface area contributed by atoms with Crippen LogP contribution in [0.25, 0.3) is 0 Å². The van der Waals surface area contributed by atoms with Crippen molar-refractivity contribution in [2.75, 3.05) is 146 Å². The van der Waals surface area contributed by atoms with E-state index < -0.39 is 5.91 Å². The van der Waals surface area contributed by atoms with Gasteiger partial charge in [0.25, 0.3) is 5.91 Å². The van der Waals surface area contributed by atoms with Gasteiger partial charge in [-0.1, -0.05) is 18.2 Å². The Bertz CT molecular complexity index is 1420. The van der Waals surface area contributed by atoms with E-state index in [0.29, 0.717) is 108 Å². The van der Waals surface area contributed by atoms with Crippen LogP contribution in [0.3, 0.4) is 0 Å². The molecular formula is C40H57N3O13. The number of carbonyl (C=O) groups excluding carboxylic acids is 1. The second kappa shape index (κ2) is 30.9. The number of hydrogen-bond acceptors (Lipinski definition) is 15. The Labute approximate surface area is 329 Å². The lowest BCUT2D eigenvalue weighted by Crippen LogP contribution is -2.17. The minimum absolute atomic E-state index is 0.166. The average Bonchev–Trinajstić information content (AvgIpc) is 3.22. The number of nitrogens with one attached hydrogen (secondary N) is 1. The Morgan fingerprint density at radius 1 is 0.464 bits per heavy atom. The molecule has 0 atom stereocenters. The third kappa shape index (κ3) is 20.6. The minimum Gasteiger partial charge on any atom is -0.487 e. The molecule has 3 aromatic carbocycles. The molecule has 56 heavy (non-hydrogen) atoms. The van der Waals surface area contributed by atoms with E-state index in [9.17, 15) is 4.79 Å². The molecule has 0 aliphatic heterocycles. The van der Waals surface area contributed by atoms with Gasteiger partial charge in [-0.2, -0.15) is 10.2 Å². The number of nitrogens with zero attached hydrogens (tertiary/aromatic N) is 2. The fourth-order valence-electron chi connectivity index (χ4n) is 4.51. The monoisotopic (exact) mass is 787 g/mol. The lowest BCUT2D eigenvalue weighted by molar-refractivity contribution is 0.0146. The fraction of sp³-hybridized carbons (Fsp3) is 0.525. The van der Waals surface area contributed by atoms with Crippen LogP contribution in [0.5, 0.6) is 17.2 Å². The molecule has 0 aliphatic rings. The third-order valence-corrected chi connectivity index (χ3v) is 7.30. The van der Waals surface area contributed by atoms with Crippen molar-refractivity contribution >= 4 is 23.0 Å². The zero-order valence-electron chi connectivity index (χ0n) is 32.8. The van der Waals surface area contributed by atoms with Crippen LogP contribution in [-0.4, -0.2) is 146 Å². The molecule has 0 aromatic heterocycles. The van der Waals surface area contributed by atoms with Crippen LogP contribution >= 0.6 is 0 Å². The van der Waals surface area contributed by atoms with E-state index in [-0.39, 0.29) is 45.2 Å². The second-order valence-corrected chi connectivity index (χ2v) is 11.5. The third-order valence-electron chi connectivity index (χ3n) is 7.30. The highest BCUT2D eigenvalue weighted by atomic mass is 16.6. The Morgan fingerprint density at radius 3 is 1.27 bits per heavy atom. The van der Waals surface area contributed by atoms with Gasteiger partial charge in [-0.05, 0) is 48.5 Å². The molecule has 16 heteroatoms. The Kier molecular flexibility index (Phi) is 25.5. The molecule has 0 heterocycles. The SMILES string of the molecule is COCCOCCOCCOc1cc(C(=O)Nc2ccc(N=Nc3ccccc3)cc2)cc(OCCOCCOCCOC)c1OCCOCCOCCOC. The number of methoxy groups -OCH3 is 3. The van der Waals surface area contributed by atoms with Crippen LogP contribution in [0, 0.1) is 0 Å². The summed E-state index contributed by atoms with van der Waals surface area (Å²) >= 11 is 0. The molecule has 0 aliphatic carbocycles. The number of amides is 1. The molecule has 16 nitrogen and oxygen atoms in total. The standard InChI is InChI=1S/C40H57N3O13/c1-45-13-16-48-19-22-51-25-28-54-37-31-33(40(44)41-34-9-11-36(12-10-34)43-42-35-7-5-4-6-8-35)32-38(55-29-26-52-23-20-49-17-14-46-2)39(37)56-30-27-53-24-21-50-18-15-47-3/h4-12,31-32H,13-30H2,1-3H3,(H,41,44). The number of hydrogen-bond donors (Lipinski definition) is 1. The number of benzene rings is 3. The largest absolute Gasteiger partial charge is 0.487 e. The summed E-state index contributed by atoms with van der Waals surface area (Å²) in [7, 11) is 4.86. The molecule has 0 spiro atoms. The van der Waals surface area contributed by atoms with E-state index in [4.69, 9.17) is 56.8 Å². The first kappa shape index (κ1) is 46.2. The maximum Gasteiger partial charge on any atom is 0.255 e. The summed E-state index contributed by atoms with van der Waals surface area (Å²) < 4.78 is 66.8. The van der Waals surface area contributed by atoms with Gasteiger partial charge in [0, 0.05) is 32.6 Å². The maximum absolute atomic E-state index is 13.7. The molecule has 1 amide bonds. The van der Waals surface area contributed by atoms with Crippen LogP contribution in [-0.2, 0) is 42.6 Å². The van der Waals surface area contributed by atoms with Gasteiger partial charge < -0.3 is 62.2 Å². The lowest BCUT2D eigenvalue weighted by Gasteiger charge is -2.19. The summed E-state index contributed by atoms with van der Waals surface area (Å²) in [4.78, 5) is 13.7. The summed E-state index contributed by atoms with van der Waals surface area (Å²) in [5.41, 5.74) is 2.21. The van der Waals surface area contributed by atoms with Crippen molar-refractivity contribution in [3.8, 4) is 17.2 Å². The summed E-state index contributed by atoms with van der Waals surface area (Å²) in [6, 6.07) is 19.7. The summed E-state index contributed by atoms with van der Waals surface area (Å²) in [6.07, 6.45) is 0. The van der Waals surface area contributed by atoms with Gasteiger partial charge in [0.05, 0.1) is 110 Å². The number of anilines is 1. The van der Waals surface area contributed by atoms with Crippen molar-refractivity contribution in [3.63, 3.8) is 0 Å². The highest BCUT2D eigenvalue weighted by molar-refractivity contribution is 6.05. The number of ether oxygens (including phenoxy) is 12. The molecule has 0 saturated heterocycles. The molecule has 0 radical (unpaired) electrons. The molecule has 0 bridgehead atoms. The second-order valence-electron chi connectivity index (χ2n) is 11.5. The summed E-state index contributed by atoms with van der Waals surface area (Å²) in [5.74, 6) is 0.496. The van der Waals surface area contributed by atoms with Crippen molar-refractivity contribution in [3.05, 3.63) is 72.3 Å². The van der Waals surface area contributed by atoms with E-state index in [1.54, 1.807) is 57.7 Å². The predicted octanol–water partition coefficient (Wildman–Crippen LogP) is 5.53. The predicted molar refractivity (Wildman–Crippen MR) is 208 cm³/mol. The normalized spacial score (nSPS) is 11.3.